The fourth-order valence-corrected chi connectivity index (χ4v) is 8.53. The number of aromatic nitrogens is 4. The highest BCUT2D eigenvalue weighted by atomic mass is 32.1. The second kappa shape index (κ2) is 15.8. The van der Waals surface area contributed by atoms with E-state index >= 15 is 4.39 Å². The predicted octanol–water partition coefficient (Wildman–Crippen LogP) is 6.40. The zero-order valence-electron chi connectivity index (χ0n) is 31.9. The third-order valence-corrected chi connectivity index (χ3v) is 11.4. The number of thiophene rings is 1. The molecule has 2 aliphatic rings. The van der Waals surface area contributed by atoms with E-state index in [1.165, 1.54) is 31.6 Å². The summed E-state index contributed by atoms with van der Waals surface area (Å²) in [5.74, 6) is 0.593. The van der Waals surface area contributed by atoms with E-state index in [0.717, 1.165) is 5.52 Å². The summed E-state index contributed by atoms with van der Waals surface area (Å²) in [7, 11) is 2.53. The van der Waals surface area contributed by atoms with E-state index in [9.17, 15) is 19.2 Å². The summed E-state index contributed by atoms with van der Waals surface area (Å²) in [6, 6.07) is 4.78. The molecule has 6 atom stereocenters. The second-order valence-corrected chi connectivity index (χ2v) is 16.3. The third kappa shape index (κ3) is 7.79. The van der Waals surface area contributed by atoms with Crippen molar-refractivity contribution in [3.05, 3.63) is 47.9 Å². The number of nitrogens with zero attached hydrogens (tertiary/aromatic N) is 4. The molecule has 4 amide bonds. The molecular weight excluding hydrogens is 716 g/mol. The summed E-state index contributed by atoms with van der Waals surface area (Å²) >= 11 is 1.36. The summed E-state index contributed by atoms with van der Waals surface area (Å²) in [5, 5.41) is 5.35. The van der Waals surface area contributed by atoms with Crippen LogP contribution in [0.5, 0.6) is 0 Å². The van der Waals surface area contributed by atoms with Crippen LogP contribution in [0, 0.1) is 29.5 Å². The van der Waals surface area contributed by atoms with Gasteiger partial charge in [0.05, 0.1) is 43.7 Å². The number of aromatic amines is 2. The molecule has 0 radical (unpaired) electrons. The number of hydrogen-bond donors (Lipinski definition) is 4. The van der Waals surface area contributed by atoms with E-state index in [4.69, 9.17) is 14.5 Å². The number of alkyl carbamates (subject to hydrolysis) is 2. The van der Waals surface area contributed by atoms with E-state index in [-0.39, 0.29) is 47.6 Å². The van der Waals surface area contributed by atoms with Crippen molar-refractivity contribution in [3.8, 4) is 21.7 Å². The average molecular weight is 765 g/mol. The minimum Gasteiger partial charge on any atom is -0.453 e. The first-order valence-electron chi connectivity index (χ1n) is 18.3. The summed E-state index contributed by atoms with van der Waals surface area (Å²) in [6.07, 6.45) is 1.73. The molecule has 2 fully saturated rings. The fourth-order valence-electron chi connectivity index (χ4n) is 7.51. The number of fused-ring (bicyclic) bond motifs is 1. The molecule has 4 N–H and O–H groups in total. The summed E-state index contributed by atoms with van der Waals surface area (Å²) in [5.41, 5.74) is 2.40. The standard InChI is InChI=1S/C38H49FN8O6S/c1-18(2)30(43-37(50)52-7)35(48)46-16-20(5)11-27(46)32-40-15-26(42-32)22-9-10-23(24(39)13-22)29-14-25-34(54-29)45-33(41-25)28-12-21(6)17-47(28)36(49)31(19(3)4)44-38(51)53-8/h9-10,13-15,18-21,27-28,30-31H,11-12,16-17H2,1-8H3,(H,40,42)(H,41,45)(H,43,50)(H,44,51)/t20-,21+,27-,28+,30-,31+/m1/s1. The number of nitrogens with one attached hydrogen (secondary N) is 4. The van der Waals surface area contributed by atoms with Gasteiger partial charge in [-0.25, -0.2) is 23.9 Å². The number of hydrogen-bond acceptors (Lipinski definition) is 9. The van der Waals surface area contributed by atoms with Gasteiger partial charge < -0.3 is 39.9 Å². The number of H-pyrrole nitrogens is 2. The number of imidazole rings is 2. The van der Waals surface area contributed by atoms with Crippen molar-refractivity contribution in [2.45, 2.75) is 78.6 Å². The molecule has 54 heavy (non-hydrogen) atoms. The van der Waals surface area contributed by atoms with Crippen LogP contribution in [-0.4, -0.2) is 93.1 Å². The van der Waals surface area contributed by atoms with Gasteiger partial charge in [0.1, 0.15) is 34.4 Å². The quantitative estimate of drug-likeness (QED) is 0.144. The van der Waals surface area contributed by atoms with E-state index < -0.39 is 30.1 Å². The van der Waals surface area contributed by atoms with Crippen LogP contribution in [0.1, 0.15) is 78.1 Å². The molecule has 0 unspecified atom stereocenters. The first-order chi connectivity index (χ1) is 25.7. The number of likely N-dealkylation sites (tertiary alicyclic amines) is 2. The number of halogens is 1. The Hall–Kier alpha value is -4.99. The molecule has 1 aromatic carbocycles. The van der Waals surface area contributed by atoms with E-state index in [0.29, 0.717) is 64.1 Å². The fraction of sp³-hybridized carbons (Fsp3) is 0.526. The monoisotopic (exact) mass is 764 g/mol. The molecule has 290 valence electrons. The number of rotatable bonds is 10. The Labute approximate surface area is 317 Å². The maximum atomic E-state index is 15.8. The Morgan fingerprint density at radius 2 is 1.41 bits per heavy atom. The molecule has 3 aromatic heterocycles. The highest BCUT2D eigenvalue weighted by molar-refractivity contribution is 7.21. The number of ether oxygens (including phenoxy) is 2. The van der Waals surface area contributed by atoms with Crippen molar-refractivity contribution in [2.75, 3.05) is 27.3 Å². The molecule has 14 nitrogen and oxygen atoms in total. The first kappa shape index (κ1) is 38.7. The van der Waals surface area contributed by atoms with Gasteiger partial charge in [-0.15, -0.1) is 11.3 Å². The van der Waals surface area contributed by atoms with Crippen molar-refractivity contribution < 1.29 is 33.0 Å². The SMILES string of the molecule is COC(=O)N[C@H](C(=O)N1C[C@@H](C)C[C@H]1c1nc2sc(-c3ccc(-c4cnc([C@H]5C[C@@H](C)CN5C(=O)[C@H](NC(=O)OC)C(C)C)[nH]4)cc3F)cc2[nH]1)C(C)C. The second-order valence-electron chi connectivity index (χ2n) is 15.2. The Morgan fingerprint density at radius 3 is 1.91 bits per heavy atom. The molecule has 0 aliphatic carbocycles. The normalized spacial score (nSPS) is 21.2. The van der Waals surface area contributed by atoms with Crippen LogP contribution >= 0.6 is 11.3 Å². The van der Waals surface area contributed by atoms with Gasteiger partial charge in [0.25, 0.3) is 0 Å². The average Bonchev–Trinajstić information content (AvgIpc) is 3.96. The van der Waals surface area contributed by atoms with Gasteiger partial charge in [0.2, 0.25) is 11.8 Å². The number of carbonyl (C=O) groups is 4. The number of methoxy groups -OCH3 is 2. The summed E-state index contributed by atoms with van der Waals surface area (Å²) < 4.78 is 25.3. The Bertz CT molecular complexity index is 1990. The molecule has 0 saturated carbocycles. The van der Waals surface area contributed by atoms with Gasteiger partial charge in [0.15, 0.2) is 0 Å². The maximum absolute atomic E-state index is 15.8. The summed E-state index contributed by atoms with van der Waals surface area (Å²) in [6.45, 7) is 12.7. The van der Waals surface area contributed by atoms with Crippen LogP contribution in [0.25, 0.3) is 32.0 Å². The molecule has 16 heteroatoms. The van der Waals surface area contributed by atoms with E-state index in [1.807, 2.05) is 39.8 Å². The van der Waals surface area contributed by atoms with Crippen molar-refractivity contribution in [3.63, 3.8) is 0 Å². The zero-order chi connectivity index (χ0) is 39.0. The maximum Gasteiger partial charge on any atom is 0.407 e. The topological polar surface area (TPSA) is 175 Å². The minimum atomic E-state index is -0.753. The Kier molecular flexibility index (Phi) is 11.3. The van der Waals surface area contributed by atoms with Gasteiger partial charge in [-0.3, -0.25) is 9.59 Å². The van der Waals surface area contributed by atoms with Crippen LogP contribution < -0.4 is 10.6 Å². The lowest BCUT2D eigenvalue weighted by molar-refractivity contribution is -0.136. The number of benzene rings is 1. The van der Waals surface area contributed by atoms with Gasteiger partial charge in [-0.2, -0.15) is 0 Å². The Balaban J connectivity index is 1.19. The molecular formula is C38H49FN8O6S. The van der Waals surface area contributed by atoms with Crippen LogP contribution in [0.2, 0.25) is 0 Å². The molecule has 5 heterocycles. The lowest BCUT2D eigenvalue weighted by atomic mass is 10.0. The Morgan fingerprint density at radius 1 is 0.852 bits per heavy atom. The van der Waals surface area contributed by atoms with Crippen LogP contribution in [-0.2, 0) is 19.1 Å². The highest BCUT2D eigenvalue weighted by Crippen LogP contribution is 2.40. The largest absolute Gasteiger partial charge is 0.453 e. The lowest BCUT2D eigenvalue weighted by Crippen LogP contribution is -2.51. The van der Waals surface area contributed by atoms with Crippen molar-refractivity contribution in [1.82, 2.24) is 40.4 Å². The number of carbonyl (C=O) groups excluding carboxylic acids is 4. The molecule has 4 aromatic rings. The minimum absolute atomic E-state index is 0.148. The molecule has 2 aliphatic heterocycles. The highest BCUT2D eigenvalue weighted by Gasteiger charge is 2.41. The summed E-state index contributed by atoms with van der Waals surface area (Å²) in [4.78, 5) is 72.4. The van der Waals surface area contributed by atoms with Crippen LogP contribution in [0.15, 0.2) is 30.5 Å². The molecule has 0 spiro atoms. The van der Waals surface area contributed by atoms with E-state index in [2.05, 4.69) is 39.4 Å². The van der Waals surface area contributed by atoms with Crippen molar-refractivity contribution >= 4 is 45.7 Å². The van der Waals surface area contributed by atoms with Crippen LogP contribution in [0.4, 0.5) is 14.0 Å². The van der Waals surface area contributed by atoms with Gasteiger partial charge in [-0.1, -0.05) is 47.6 Å². The van der Waals surface area contributed by atoms with Gasteiger partial charge in [-0.05, 0) is 54.7 Å². The van der Waals surface area contributed by atoms with Gasteiger partial charge >= 0.3 is 12.2 Å². The van der Waals surface area contributed by atoms with E-state index in [1.54, 1.807) is 22.1 Å². The molecule has 6 rings (SSSR count). The van der Waals surface area contributed by atoms with Crippen molar-refractivity contribution in [2.24, 2.45) is 23.7 Å². The smallest absolute Gasteiger partial charge is 0.407 e. The number of amides is 4. The van der Waals surface area contributed by atoms with Gasteiger partial charge in [0, 0.05) is 29.1 Å². The lowest BCUT2D eigenvalue weighted by Gasteiger charge is -2.30. The zero-order valence-corrected chi connectivity index (χ0v) is 32.7. The third-order valence-electron chi connectivity index (χ3n) is 10.3. The first-order valence-corrected chi connectivity index (χ1v) is 19.1. The molecule has 2 saturated heterocycles. The van der Waals surface area contributed by atoms with Crippen molar-refractivity contribution in [1.29, 1.82) is 0 Å². The molecule has 0 bridgehead atoms. The van der Waals surface area contributed by atoms with Crippen LogP contribution in [0.3, 0.4) is 0 Å². The predicted molar refractivity (Wildman–Crippen MR) is 202 cm³/mol.